The topological polar surface area (TPSA) is 59.8 Å². The zero-order valence-electron chi connectivity index (χ0n) is 9.42. The average Bonchev–Trinajstić information content (AvgIpc) is 2.76. The molecule has 1 amide bonds. The molecule has 0 radical (unpaired) electrons. The highest BCUT2D eigenvalue weighted by molar-refractivity contribution is 5.99. The van der Waals surface area contributed by atoms with Gasteiger partial charge in [0.15, 0.2) is 0 Å². The van der Waals surface area contributed by atoms with Gasteiger partial charge in [0.05, 0.1) is 6.20 Å². The molecule has 5 nitrogen and oxygen atoms in total. The number of hydrogen-bond donors (Lipinski definition) is 1. The second-order valence-corrected chi connectivity index (χ2v) is 3.55. The Hall–Kier alpha value is -2.43. The maximum atomic E-state index is 11.2. The molecule has 0 saturated heterocycles. The predicted octanol–water partition coefficient (Wildman–Crippen LogP) is 1.61. The molecular formula is C12H12N4O. The fourth-order valence-electron chi connectivity index (χ4n) is 1.43. The highest BCUT2D eigenvalue weighted by atomic mass is 16.1. The molecule has 0 aliphatic rings. The number of hydrogen-bond acceptors (Lipinski definition) is 3. The van der Waals surface area contributed by atoms with Crippen molar-refractivity contribution in [1.82, 2.24) is 15.0 Å². The minimum atomic E-state index is -0.235. The van der Waals surface area contributed by atoms with Gasteiger partial charge in [0.25, 0.3) is 0 Å². The summed E-state index contributed by atoms with van der Waals surface area (Å²) < 4.78 is 1.63. The van der Waals surface area contributed by atoms with E-state index in [9.17, 15) is 4.79 Å². The van der Waals surface area contributed by atoms with E-state index in [0.717, 1.165) is 11.3 Å². The summed E-state index contributed by atoms with van der Waals surface area (Å²) in [7, 11) is 1.81. The van der Waals surface area contributed by atoms with E-state index in [0.29, 0.717) is 5.69 Å². The second-order valence-electron chi connectivity index (χ2n) is 3.55. The standard InChI is InChI=1S/C12H12N4O/c1-3-12(17)13-10-6-4-5-9(7-10)11-8-16(2)15-14-11/h3-8H,1H2,2H3,(H,13,17). The Labute approximate surface area is 98.8 Å². The highest BCUT2D eigenvalue weighted by Gasteiger charge is 2.04. The Kier molecular flexibility index (Phi) is 3.00. The summed E-state index contributed by atoms with van der Waals surface area (Å²) in [5, 5.41) is 10.6. The summed E-state index contributed by atoms with van der Waals surface area (Å²) in [6.45, 7) is 3.40. The number of carbonyl (C=O) groups excluding carboxylic acids is 1. The molecule has 0 aliphatic carbocycles. The van der Waals surface area contributed by atoms with Crippen LogP contribution in [0.4, 0.5) is 5.69 Å². The monoisotopic (exact) mass is 228 g/mol. The van der Waals surface area contributed by atoms with E-state index < -0.39 is 0 Å². The fraction of sp³-hybridized carbons (Fsp3) is 0.0833. The van der Waals surface area contributed by atoms with Crippen molar-refractivity contribution in [3.05, 3.63) is 43.1 Å². The van der Waals surface area contributed by atoms with Crippen molar-refractivity contribution >= 4 is 11.6 Å². The van der Waals surface area contributed by atoms with Crippen LogP contribution in [0.3, 0.4) is 0 Å². The van der Waals surface area contributed by atoms with Crippen molar-refractivity contribution in [3.8, 4) is 11.3 Å². The summed E-state index contributed by atoms with van der Waals surface area (Å²) >= 11 is 0. The van der Waals surface area contributed by atoms with E-state index in [-0.39, 0.29) is 5.91 Å². The third-order valence-electron chi connectivity index (χ3n) is 2.21. The molecule has 0 atom stereocenters. The number of amides is 1. The summed E-state index contributed by atoms with van der Waals surface area (Å²) in [4.78, 5) is 11.2. The number of nitrogens with one attached hydrogen (secondary N) is 1. The Morgan fingerprint density at radius 1 is 1.53 bits per heavy atom. The molecule has 5 heteroatoms. The van der Waals surface area contributed by atoms with Crippen molar-refractivity contribution in [3.63, 3.8) is 0 Å². The van der Waals surface area contributed by atoms with E-state index >= 15 is 0 Å². The molecule has 17 heavy (non-hydrogen) atoms. The van der Waals surface area contributed by atoms with Gasteiger partial charge in [-0.2, -0.15) is 0 Å². The van der Waals surface area contributed by atoms with Gasteiger partial charge in [-0.25, -0.2) is 0 Å². The lowest BCUT2D eigenvalue weighted by Gasteiger charge is -2.03. The zero-order valence-corrected chi connectivity index (χ0v) is 9.42. The van der Waals surface area contributed by atoms with Gasteiger partial charge in [-0.1, -0.05) is 23.9 Å². The van der Waals surface area contributed by atoms with Crippen LogP contribution in [-0.2, 0) is 11.8 Å². The summed E-state index contributed by atoms with van der Waals surface area (Å²) in [6, 6.07) is 7.41. The maximum Gasteiger partial charge on any atom is 0.247 e. The molecule has 0 unspecified atom stereocenters. The van der Waals surface area contributed by atoms with Gasteiger partial charge in [-0.15, -0.1) is 5.10 Å². The normalized spacial score (nSPS) is 9.94. The molecule has 1 aromatic carbocycles. The van der Waals surface area contributed by atoms with Crippen LogP contribution in [-0.4, -0.2) is 20.9 Å². The number of aromatic nitrogens is 3. The van der Waals surface area contributed by atoms with E-state index in [1.807, 2.05) is 24.4 Å². The van der Waals surface area contributed by atoms with Crippen molar-refractivity contribution < 1.29 is 4.79 Å². The Balaban J connectivity index is 2.28. The minimum absolute atomic E-state index is 0.235. The third-order valence-corrected chi connectivity index (χ3v) is 2.21. The first-order valence-corrected chi connectivity index (χ1v) is 5.09. The maximum absolute atomic E-state index is 11.2. The Bertz CT molecular complexity index is 559. The lowest BCUT2D eigenvalue weighted by molar-refractivity contribution is -0.111. The van der Waals surface area contributed by atoms with Crippen LogP contribution in [0.5, 0.6) is 0 Å². The van der Waals surface area contributed by atoms with Crippen LogP contribution >= 0.6 is 0 Å². The van der Waals surface area contributed by atoms with E-state index in [2.05, 4.69) is 22.2 Å². The van der Waals surface area contributed by atoms with Crippen molar-refractivity contribution in [2.45, 2.75) is 0 Å². The van der Waals surface area contributed by atoms with Gasteiger partial charge in [0.1, 0.15) is 5.69 Å². The first-order chi connectivity index (χ1) is 8.19. The van der Waals surface area contributed by atoms with Crippen LogP contribution in [0.2, 0.25) is 0 Å². The number of rotatable bonds is 3. The molecule has 0 aliphatic heterocycles. The summed E-state index contributed by atoms with van der Waals surface area (Å²) in [5.74, 6) is -0.235. The highest BCUT2D eigenvalue weighted by Crippen LogP contribution is 2.20. The molecule has 0 fully saturated rings. The minimum Gasteiger partial charge on any atom is -0.323 e. The Morgan fingerprint density at radius 3 is 3.00 bits per heavy atom. The predicted molar refractivity (Wildman–Crippen MR) is 65.3 cm³/mol. The van der Waals surface area contributed by atoms with E-state index in [4.69, 9.17) is 0 Å². The van der Waals surface area contributed by atoms with Gasteiger partial charge >= 0.3 is 0 Å². The lowest BCUT2D eigenvalue weighted by atomic mass is 10.1. The summed E-state index contributed by atoms with van der Waals surface area (Å²) in [5.41, 5.74) is 2.38. The number of anilines is 1. The van der Waals surface area contributed by atoms with E-state index in [1.165, 1.54) is 6.08 Å². The SMILES string of the molecule is C=CC(=O)Nc1cccc(-c2cn(C)nn2)c1. The second kappa shape index (κ2) is 4.61. The van der Waals surface area contributed by atoms with Gasteiger partial charge in [-0.3, -0.25) is 9.48 Å². The quantitative estimate of drug-likeness (QED) is 0.812. The first-order valence-electron chi connectivity index (χ1n) is 5.09. The largest absolute Gasteiger partial charge is 0.323 e. The Morgan fingerprint density at radius 2 is 2.35 bits per heavy atom. The number of benzene rings is 1. The van der Waals surface area contributed by atoms with Crippen LogP contribution in [0.1, 0.15) is 0 Å². The average molecular weight is 228 g/mol. The van der Waals surface area contributed by atoms with Gasteiger partial charge in [0.2, 0.25) is 5.91 Å². The molecule has 2 aromatic rings. The summed E-state index contributed by atoms with van der Waals surface area (Å²) in [6.07, 6.45) is 3.05. The van der Waals surface area contributed by atoms with E-state index in [1.54, 1.807) is 17.8 Å². The molecular weight excluding hydrogens is 216 g/mol. The van der Waals surface area contributed by atoms with Crippen molar-refractivity contribution in [1.29, 1.82) is 0 Å². The molecule has 0 spiro atoms. The molecule has 0 bridgehead atoms. The first kappa shape index (κ1) is 11.1. The number of aryl methyl sites for hydroxylation is 1. The molecule has 2 rings (SSSR count). The fourth-order valence-corrected chi connectivity index (χ4v) is 1.43. The van der Waals surface area contributed by atoms with Crippen LogP contribution in [0, 0.1) is 0 Å². The molecule has 1 N–H and O–H groups in total. The molecule has 1 aromatic heterocycles. The van der Waals surface area contributed by atoms with Crippen LogP contribution in [0.25, 0.3) is 11.3 Å². The number of nitrogens with zero attached hydrogens (tertiary/aromatic N) is 3. The lowest BCUT2D eigenvalue weighted by Crippen LogP contribution is -2.06. The molecule has 0 saturated carbocycles. The van der Waals surface area contributed by atoms with Gasteiger partial charge in [0, 0.05) is 18.3 Å². The number of carbonyl (C=O) groups is 1. The van der Waals surface area contributed by atoms with Crippen molar-refractivity contribution in [2.24, 2.45) is 7.05 Å². The molecule has 1 heterocycles. The third kappa shape index (κ3) is 2.57. The van der Waals surface area contributed by atoms with Gasteiger partial charge in [-0.05, 0) is 18.2 Å². The smallest absolute Gasteiger partial charge is 0.247 e. The van der Waals surface area contributed by atoms with Gasteiger partial charge < -0.3 is 5.32 Å². The van der Waals surface area contributed by atoms with Crippen molar-refractivity contribution in [2.75, 3.05) is 5.32 Å². The van der Waals surface area contributed by atoms with Crippen LogP contribution < -0.4 is 5.32 Å². The molecule has 86 valence electrons. The zero-order chi connectivity index (χ0) is 12.3. The van der Waals surface area contributed by atoms with Crippen LogP contribution in [0.15, 0.2) is 43.1 Å².